The number of nitrogens with one attached hydrogen (secondary N) is 1. The van der Waals surface area contributed by atoms with Gasteiger partial charge in [-0.05, 0) is 29.8 Å². The van der Waals surface area contributed by atoms with E-state index in [1.807, 2.05) is 30.5 Å². The number of phenols is 1. The highest BCUT2D eigenvalue weighted by molar-refractivity contribution is 5.84. The average Bonchev–Trinajstić information content (AvgIpc) is 2.84. The van der Waals surface area contributed by atoms with E-state index in [2.05, 4.69) is 18.0 Å². The number of nitrogens with two attached hydrogens (primary N) is 1. The van der Waals surface area contributed by atoms with Gasteiger partial charge in [0, 0.05) is 34.3 Å². The first-order valence-electron chi connectivity index (χ1n) is 6.31. The maximum absolute atomic E-state index is 10.0. The Balaban J connectivity index is 2.13. The zero-order chi connectivity index (χ0) is 13.4. The van der Waals surface area contributed by atoms with Crippen LogP contribution in [0.3, 0.4) is 0 Å². The van der Waals surface area contributed by atoms with Crippen LogP contribution >= 0.6 is 0 Å². The molecule has 1 unspecified atom stereocenters. The minimum atomic E-state index is 0.0830. The molecule has 0 saturated carbocycles. The lowest BCUT2D eigenvalue weighted by Crippen LogP contribution is -1.97. The van der Waals surface area contributed by atoms with Crippen molar-refractivity contribution in [3.8, 4) is 5.75 Å². The highest BCUT2D eigenvalue weighted by Crippen LogP contribution is 2.35. The predicted molar refractivity (Wildman–Crippen MR) is 78.3 cm³/mol. The average molecular weight is 252 g/mol. The second kappa shape index (κ2) is 4.35. The van der Waals surface area contributed by atoms with Crippen molar-refractivity contribution in [3.63, 3.8) is 0 Å². The van der Waals surface area contributed by atoms with Gasteiger partial charge in [-0.3, -0.25) is 0 Å². The first kappa shape index (κ1) is 11.7. The smallest absolute Gasteiger partial charge is 0.119 e. The van der Waals surface area contributed by atoms with Gasteiger partial charge in [0.15, 0.2) is 0 Å². The molecule has 0 radical (unpaired) electrons. The number of fused-ring (bicyclic) bond motifs is 1. The molecule has 96 valence electrons. The fourth-order valence-corrected chi connectivity index (χ4v) is 2.54. The Morgan fingerprint density at radius 2 is 1.89 bits per heavy atom. The molecule has 0 bridgehead atoms. The number of hydrogen-bond acceptors (Lipinski definition) is 2. The fraction of sp³-hybridized carbons (Fsp3) is 0.125. The number of hydrogen-bond donors (Lipinski definition) is 3. The fourth-order valence-electron chi connectivity index (χ4n) is 2.54. The van der Waals surface area contributed by atoms with Crippen LogP contribution in [0.4, 0.5) is 5.69 Å². The quantitative estimate of drug-likeness (QED) is 0.482. The van der Waals surface area contributed by atoms with Crippen LogP contribution in [0.2, 0.25) is 0 Å². The van der Waals surface area contributed by atoms with E-state index in [1.54, 1.807) is 12.1 Å². The van der Waals surface area contributed by atoms with Crippen LogP contribution in [0.15, 0.2) is 48.7 Å². The van der Waals surface area contributed by atoms with Crippen molar-refractivity contribution in [1.29, 1.82) is 0 Å². The molecule has 0 amide bonds. The lowest BCUT2D eigenvalue weighted by Gasteiger charge is -2.13. The Hall–Kier alpha value is -2.42. The molecule has 3 nitrogen and oxygen atoms in total. The second-order valence-corrected chi connectivity index (χ2v) is 4.83. The minimum absolute atomic E-state index is 0.0830. The molecule has 1 aromatic heterocycles. The number of aromatic nitrogens is 1. The third kappa shape index (κ3) is 1.93. The molecule has 3 heteroatoms. The maximum Gasteiger partial charge on any atom is 0.119 e. The topological polar surface area (TPSA) is 62.0 Å². The number of anilines is 1. The molecule has 0 saturated heterocycles. The van der Waals surface area contributed by atoms with E-state index < -0.39 is 0 Å². The molecule has 0 aliphatic carbocycles. The Morgan fingerprint density at radius 3 is 2.74 bits per heavy atom. The first-order valence-corrected chi connectivity index (χ1v) is 6.31. The second-order valence-electron chi connectivity index (χ2n) is 4.83. The summed E-state index contributed by atoms with van der Waals surface area (Å²) < 4.78 is 0. The molecule has 4 N–H and O–H groups in total. The summed E-state index contributed by atoms with van der Waals surface area (Å²) in [6, 6.07) is 13.3. The Labute approximate surface area is 111 Å². The normalized spacial score (nSPS) is 12.7. The summed E-state index contributed by atoms with van der Waals surface area (Å²) in [6.07, 6.45) is 2.00. The Kier molecular flexibility index (Phi) is 2.67. The molecular weight excluding hydrogens is 236 g/mol. The van der Waals surface area contributed by atoms with Gasteiger partial charge < -0.3 is 15.8 Å². The van der Waals surface area contributed by atoms with Gasteiger partial charge in [-0.15, -0.1) is 0 Å². The van der Waals surface area contributed by atoms with Crippen molar-refractivity contribution in [2.75, 3.05) is 5.73 Å². The number of aromatic hydroxyl groups is 1. The van der Waals surface area contributed by atoms with E-state index in [0.29, 0.717) is 5.69 Å². The van der Waals surface area contributed by atoms with Gasteiger partial charge in [0.25, 0.3) is 0 Å². The van der Waals surface area contributed by atoms with Crippen molar-refractivity contribution in [2.24, 2.45) is 0 Å². The minimum Gasteiger partial charge on any atom is -0.508 e. The SMILES string of the molecule is CC(c1cc(N)ccc1O)c1c[nH]c2ccccc12. The monoisotopic (exact) mass is 252 g/mol. The van der Waals surface area contributed by atoms with Gasteiger partial charge in [0.05, 0.1) is 0 Å². The lowest BCUT2D eigenvalue weighted by molar-refractivity contribution is 0.466. The molecule has 0 fully saturated rings. The number of para-hydroxylation sites is 1. The van der Waals surface area contributed by atoms with Crippen molar-refractivity contribution in [2.45, 2.75) is 12.8 Å². The third-order valence-corrected chi connectivity index (χ3v) is 3.61. The van der Waals surface area contributed by atoms with E-state index in [4.69, 9.17) is 5.73 Å². The molecule has 2 aromatic carbocycles. The molecule has 0 aliphatic heterocycles. The van der Waals surface area contributed by atoms with Gasteiger partial charge in [0.1, 0.15) is 5.75 Å². The Bertz CT molecular complexity index is 730. The molecule has 1 atom stereocenters. The zero-order valence-corrected chi connectivity index (χ0v) is 10.7. The van der Waals surface area contributed by atoms with Crippen LogP contribution in [0, 0.1) is 0 Å². The molecule has 1 heterocycles. The van der Waals surface area contributed by atoms with E-state index in [0.717, 1.165) is 16.6 Å². The van der Waals surface area contributed by atoms with Crippen LogP contribution < -0.4 is 5.73 Å². The third-order valence-electron chi connectivity index (χ3n) is 3.61. The molecule has 19 heavy (non-hydrogen) atoms. The van der Waals surface area contributed by atoms with E-state index in [-0.39, 0.29) is 11.7 Å². The number of nitrogen functional groups attached to an aromatic ring is 1. The van der Waals surface area contributed by atoms with Gasteiger partial charge in [0.2, 0.25) is 0 Å². The van der Waals surface area contributed by atoms with Gasteiger partial charge in [-0.25, -0.2) is 0 Å². The molecular formula is C16H16N2O. The van der Waals surface area contributed by atoms with Crippen molar-refractivity contribution >= 4 is 16.6 Å². The number of phenolic OH excluding ortho intramolecular Hbond substituents is 1. The summed E-state index contributed by atoms with van der Waals surface area (Å²) in [5.41, 5.74) is 9.60. The molecule has 3 aromatic rings. The number of H-pyrrole nitrogens is 1. The number of aromatic amines is 1. The zero-order valence-electron chi connectivity index (χ0n) is 10.7. The standard InChI is InChI=1S/C16H16N2O/c1-10(13-8-11(17)6-7-16(13)19)14-9-18-15-5-3-2-4-12(14)15/h2-10,18-19H,17H2,1H3. The van der Waals surface area contributed by atoms with Crippen molar-refractivity contribution in [3.05, 3.63) is 59.8 Å². The Morgan fingerprint density at radius 1 is 1.11 bits per heavy atom. The van der Waals surface area contributed by atoms with E-state index >= 15 is 0 Å². The highest BCUT2D eigenvalue weighted by atomic mass is 16.3. The van der Waals surface area contributed by atoms with Crippen molar-refractivity contribution in [1.82, 2.24) is 4.98 Å². The summed E-state index contributed by atoms with van der Waals surface area (Å²) >= 11 is 0. The first-order chi connectivity index (χ1) is 9.16. The highest BCUT2D eigenvalue weighted by Gasteiger charge is 2.16. The summed E-state index contributed by atoms with van der Waals surface area (Å²) in [6.45, 7) is 2.07. The maximum atomic E-state index is 10.0. The molecule has 0 spiro atoms. The van der Waals surface area contributed by atoms with Gasteiger partial charge >= 0.3 is 0 Å². The van der Waals surface area contributed by atoms with Crippen LogP contribution in [-0.2, 0) is 0 Å². The summed E-state index contributed by atoms with van der Waals surface area (Å²) in [4.78, 5) is 3.26. The predicted octanol–water partition coefficient (Wildman–Crippen LogP) is 3.61. The van der Waals surface area contributed by atoms with Gasteiger partial charge in [-0.1, -0.05) is 25.1 Å². The van der Waals surface area contributed by atoms with Crippen LogP contribution in [0.5, 0.6) is 5.75 Å². The summed E-state index contributed by atoms with van der Waals surface area (Å²) in [5.74, 6) is 0.367. The van der Waals surface area contributed by atoms with Crippen LogP contribution in [0.25, 0.3) is 10.9 Å². The van der Waals surface area contributed by atoms with E-state index in [1.165, 1.54) is 5.39 Å². The summed E-state index contributed by atoms with van der Waals surface area (Å²) in [5, 5.41) is 11.2. The number of benzene rings is 2. The van der Waals surface area contributed by atoms with Crippen molar-refractivity contribution < 1.29 is 5.11 Å². The molecule has 3 rings (SSSR count). The number of rotatable bonds is 2. The van der Waals surface area contributed by atoms with E-state index in [9.17, 15) is 5.11 Å². The van der Waals surface area contributed by atoms with Gasteiger partial charge in [-0.2, -0.15) is 0 Å². The largest absolute Gasteiger partial charge is 0.508 e. The summed E-state index contributed by atoms with van der Waals surface area (Å²) in [7, 11) is 0. The van der Waals surface area contributed by atoms with Crippen LogP contribution in [-0.4, -0.2) is 10.1 Å². The molecule has 0 aliphatic rings. The lowest BCUT2D eigenvalue weighted by atomic mass is 9.92. The van der Waals surface area contributed by atoms with Crippen LogP contribution in [0.1, 0.15) is 24.0 Å².